The van der Waals surface area contributed by atoms with Gasteiger partial charge in [-0.1, -0.05) is 0 Å². The molecule has 6 heavy (non-hydrogen) atoms. The molecule has 34 valence electrons. The summed E-state index contributed by atoms with van der Waals surface area (Å²) < 4.78 is 4.36. The average molecular weight is 107 g/mol. The molecule has 0 saturated carbocycles. The summed E-state index contributed by atoms with van der Waals surface area (Å²) >= 11 is 0. The zero-order valence-corrected chi connectivity index (χ0v) is 3.68. The maximum atomic E-state index is 4.36. The van der Waals surface area contributed by atoms with E-state index in [1.54, 1.807) is 0 Å². The van der Waals surface area contributed by atoms with E-state index in [-0.39, 0.29) is 12.4 Å². The number of aromatic nitrogens is 2. The summed E-state index contributed by atoms with van der Waals surface area (Å²) in [6.07, 6.45) is 2.53. The second-order valence-corrected chi connectivity index (χ2v) is 0.578. The smallest absolute Gasteiger partial charge is 0.203 e. The molecule has 0 N–H and O–H groups in total. The van der Waals surface area contributed by atoms with Crippen molar-refractivity contribution in [2.24, 2.45) is 0 Å². The van der Waals surface area contributed by atoms with E-state index in [1.165, 1.54) is 12.8 Å². The molecule has 0 unspecified atom stereocenters. The SMILES string of the molecule is Cl.c1nnco1. The van der Waals surface area contributed by atoms with Gasteiger partial charge in [0.25, 0.3) is 0 Å². The molecule has 0 saturated heterocycles. The lowest BCUT2D eigenvalue weighted by molar-refractivity contribution is 0.553. The highest BCUT2D eigenvalue weighted by Gasteiger charge is 1.60. The standard InChI is InChI=1S/C2H2N2O.ClH/c1-3-4-2-5-1;/h1-2H;1H. The molecule has 0 atom stereocenters. The predicted octanol–water partition coefficient (Wildman–Crippen LogP) is 0.491. The molecule has 0 bridgehead atoms. The predicted molar refractivity (Wildman–Crippen MR) is 21.5 cm³/mol. The van der Waals surface area contributed by atoms with Crippen LogP contribution in [0.3, 0.4) is 0 Å². The van der Waals surface area contributed by atoms with Crippen LogP contribution in [-0.4, -0.2) is 10.2 Å². The van der Waals surface area contributed by atoms with Crippen molar-refractivity contribution in [1.29, 1.82) is 0 Å². The van der Waals surface area contributed by atoms with Crippen LogP contribution in [0, 0.1) is 0 Å². The van der Waals surface area contributed by atoms with E-state index in [0.717, 1.165) is 0 Å². The topological polar surface area (TPSA) is 38.9 Å². The van der Waals surface area contributed by atoms with E-state index in [9.17, 15) is 0 Å². The Bertz CT molecular complexity index is 68.0. The van der Waals surface area contributed by atoms with E-state index < -0.39 is 0 Å². The van der Waals surface area contributed by atoms with Crippen LogP contribution >= 0.6 is 12.4 Å². The van der Waals surface area contributed by atoms with Crippen LogP contribution in [0.2, 0.25) is 0 Å². The normalized spacial score (nSPS) is 6.67. The maximum Gasteiger partial charge on any atom is 0.203 e. The molecule has 0 radical (unpaired) electrons. The van der Waals surface area contributed by atoms with Gasteiger partial charge in [-0.3, -0.25) is 0 Å². The van der Waals surface area contributed by atoms with Crippen LogP contribution in [0.4, 0.5) is 0 Å². The molecular formula is C2H3ClN2O. The number of nitrogens with zero attached hydrogens (tertiary/aromatic N) is 2. The fraction of sp³-hybridized carbons (Fsp3) is 0. The van der Waals surface area contributed by atoms with Gasteiger partial charge in [-0.15, -0.1) is 22.6 Å². The Hall–Kier alpha value is -0.570. The Morgan fingerprint density at radius 2 is 1.67 bits per heavy atom. The molecular weight excluding hydrogens is 103 g/mol. The molecule has 1 aromatic heterocycles. The lowest BCUT2D eigenvalue weighted by Crippen LogP contribution is -1.53. The lowest BCUT2D eigenvalue weighted by Gasteiger charge is -1.44. The fourth-order valence-corrected chi connectivity index (χ4v) is 0.136. The molecule has 0 aliphatic carbocycles. The van der Waals surface area contributed by atoms with Gasteiger partial charge in [0, 0.05) is 0 Å². The van der Waals surface area contributed by atoms with Gasteiger partial charge in [0.15, 0.2) is 0 Å². The Labute approximate surface area is 40.8 Å². The van der Waals surface area contributed by atoms with E-state index in [2.05, 4.69) is 14.6 Å². The highest BCUT2D eigenvalue weighted by molar-refractivity contribution is 5.85. The van der Waals surface area contributed by atoms with Gasteiger partial charge in [-0.25, -0.2) is 0 Å². The Morgan fingerprint density at radius 1 is 1.17 bits per heavy atom. The van der Waals surface area contributed by atoms with E-state index in [1.807, 2.05) is 0 Å². The first-order valence-electron chi connectivity index (χ1n) is 1.19. The molecule has 0 amide bonds. The number of hydrogen-bond acceptors (Lipinski definition) is 3. The summed E-state index contributed by atoms with van der Waals surface area (Å²) in [6.45, 7) is 0. The van der Waals surface area contributed by atoms with E-state index in [0.29, 0.717) is 0 Å². The van der Waals surface area contributed by atoms with Crippen molar-refractivity contribution < 1.29 is 4.42 Å². The van der Waals surface area contributed by atoms with Gasteiger partial charge in [-0.2, -0.15) is 0 Å². The van der Waals surface area contributed by atoms with Gasteiger partial charge < -0.3 is 4.42 Å². The third-order valence-electron chi connectivity index (χ3n) is 0.283. The van der Waals surface area contributed by atoms with Crippen molar-refractivity contribution in [3.8, 4) is 0 Å². The van der Waals surface area contributed by atoms with Gasteiger partial charge in [0.2, 0.25) is 12.8 Å². The molecule has 0 fully saturated rings. The first-order valence-corrected chi connectivity index (χ1v) is 1.19. The van der Waals surface area contributed by atoms with Crippen LogP contribution in [-0.2, 0) is 0 Å². The third-order valence-corrected chi connectivity index (χ3v) is 0.283. The number of rotatable bonds is 0. The van der Waals surface area contributed by atoms with Crippen molar-refractivity contribution in [2.45, 2.75) is 0 Å². The summed E-state index contributed by atoms with van der Waals surface area (Å²) in [5.74, 6) is 0. The minimum Gasteiger partial charge on any atom is -0.431 e. The van der Waals surface area contributed by atoms with Gasteiger partial charge in [0.05, 0.1) is 0 Å². The molecule has 0 aromatic carbocycles. The largest absolute Gasteiger partial charge is 0.431 e. The van der Waals surface area contributed by atoms with Crippen molar-refractivity contribution in [1.82, 2.24) is 10.2 Å². The third kappa shape index (κ3) is 1.03. The van der Waals surface area contributed by atoms with Crippen LogP contribution in [0.25, 0.3) is 0 Å². The summed E-state index contributed by atoms with van der Waals surface area (Å²) in [6, 6.07) is 0. The highest BCUT2D eigenvalue weighted by Crippen LogP contribution is 1.64. The van der Waals surface area contributed by atoms with Crippen LogP contribution in [0.5, 0.6) is 0 Å². The maximum absolute atomic E-state index is 4.36. The van der Waals surface area contributed by atoms with Crippen LogP contribution in [0.1, 0.15) is 0 Å². The fourth-order valence-electron chi connectivity index (χ4n) is 0.136. The summed E-state index contributed by atoms with van der Waals surface area (Å²) in [4.78, 5) is 0. The minimum atomic E-state index is 0. The van der Waals surface area contributed by atoms with Gasteiger partial charge in [-0.05, 0) is 0 Å². The van der Waals surface area contributed by atoms with Crippen LogP contribution < -0.4 is 0 Å². The lowest BCUT2D eigenvalue weighted by atomic mass is 11.5. The first kappa shape index (κ1) is 5.43. The molecule has 0 aliphatic heterocycles. The average Bonchev–Trinajstić information content (AvgIpc) is 1.76. The highest BCUT2D eigenvalue weighted by atomic mass is 35.5. The second kappa shape index (κ2) is 2.66. The first-order chi connectivity index (χ1) is 2.50. The minimum absolute atomic E-state index is 0. The zero-order chi connectivity index (χ0) is 3.54. The molecule has 0 aliphatic rings. The molecule has 0 spiro atoms. The van der Waals surface area contributed by atoms with Crippen molar-refractivity contribution >= 4 is 12.4 Å². The Morgan fingerprint density at radius 3 is 1.83 bits per heavy atom. The number of halogens is 1. The van der Waals surface area contributed by atoms with Crippen molar-refractivity contribution in [3.63, 3.8) is 0 Å². The van der Waals surface area contributed by atoms with Gasteiger partial charge in [0.1, 0.15) is 0 Å². The molecule has 3 nitrogen and oxygen atoms in total. The van der Waals surface area contributed by atoms with Crippen molar-refractivity contribution in [3.05, 3.63) is 12.8 Å². The Kier molecular flexibility index (Phi) is 2.40. The molecule has 1 rings (SSSR count). The second-order valence-electron chi connectivity index (χ2n) is 0.578. The molecule has 1 heterocycles. The summed E-state index contributed by atoms with van der Waals surface area (Å²) in [7, 11) is 0. The molecule has 4 heteroatoms. The monoisotopic (exact) mass is 106 g/mol. The van der Waals surface area contributed by atoms with E-state index in [4.69, 9.17) is 0 Å². The molecule has 1 aromatic rings. The van der Waals surface area contributed by atoms with Gasteiger partial charge >= 0.3 is 0 Å². The Balaban J connectivity index is 0.000000250. The van der Waals surface area contributed by atoms with Crippen LogP contribution in [0.15, 0.2) is 17.2 Å². The quantitative estimate of drug-likeness (QED) is 0.483. The summed E-state index contributed by atoms with van der Waals surface area (Å²) in [5, 5.41) is 6.61. The number of hydrogen-bond donors (Lipinski definition) is 0. The zero-order valence-electron chi connectivity index (χ0n) is 2.87. The summed E-state index contributed by atoms with van der Waals surface area (Å²) in [5.41, 5.74) is 0. The van der Waals surface area contributed by atoms with E-state index >= 15 is 0 Å². The van der Waals surface area contributed by atoms with Crippen molar-refractivity contribution in [2.75, 3.05) is 0 Å².